The average Bonchev–Trinajstić information content (AvgIpc) is 3.21. The molecule has 0 spiro atoms. The summed E-state index contributed by atoms with van der Waals surface area (Å²) in [5.41, 5.74) is 3.38. The number of benzene rings is 2. The van der Waals surface area contributed by atoms with Crippen LogP contribution < -0.4 is 10.9 Å². The normalized spacial score (nSPS) is 11.0. The van der Waals surface area contributed by atoms with Crippen molar-refractivity contribution in [1.29, 1.82) is 0 Å². The molecule has 31 heavy (non-hydrogen) atoms. The van der Waals surface area contributed by atoms with Crippen molar-refractivity contribution in [3.8, 4) is 11.3 Å². The number of methoxy groups -OCH3 is 1. The Morgan fingerprint density at radius 3 is 2.77 bits per heavy atom. The molecule has 158 valence electrons. The van der Waals surface area contributed by atoms with E-state index in [-0.39, 0.29) is 11.5 Å². The van der Waals surface area contributed by atoms with E-state index in [1.165, 1.54) is 0 Å². The first-order chi connectivity index (χ1) is 15.1. The van der Waals surface area contributed by atoms with Gasteiger partial charge in [-0.3, -0.25) is 14.3 Å². The molecule has 0 saturated carbocycles. The third-order valence-corrected chi connectivity index (χ3v) is 5.23. The topological polar surface area (TPSA) is 78.2 Å². The molecule has 0 fully saturated rings. The van der Waals surface area contributed by atoms with Crippen LogP contribution in [0.25, 0.3) is 22.0 Å². The van der Waals surface area contributed by atoms with Crippen molar-refractivity contribution in [3.05, 3.63) is 88.5 Å². The van der Waals surface area contributed by atoms with E-state index in [1.807, 2.05) is 55.6 Å². The monoisotopic (exact) mass is 416 g/mol. The molecule has 2 aromatic heterocycles. The number of nitrogens with zero attached hydrogens (tertiary/aromatic N) is 3. The number of aryl methyl sites for hydroxylation is 1. The van der Waals surface area contributed by atoms with Crippen LogP contribution in [0.3, 0.4) is 0 Å². The lowest BCUT2D eigenvalue weighted by atomic mass is 10.1. The number of carbonyl (C=O) groups excluding carboxylic acids is 1. The zero-order valence-electron chi connectivity index (χ0n) is 17.5. The molecule has 0 aliphatic heterocycles. The van der Waals surface area contributed by atoms with Gasteiger partial charge in [-0.25, -0.2) is 0 Å². The number of hydrogen-bond donors (Lipinski definition) is 1. The van der Waals surface area contributed by atoms with Crippen LogP contribution in [0, 0.1) is 0 Å². The quantitative estimate of drug-likeness (QED) is 0.470. The van der Waals surface area contributed by atoms with Crippen LogP contribution in [0.15, 0.2) is 71.8 Å². The van der Waals surface area contributed by atoms with Gasteiger partial charge >= 0.3 is 0 Å². The zero-order valence-corrected chi connectivity index (χ0v) is 17.5. The molecule has 7 heteroatoms. The second-order valence-corrected chi connectivity index (χ2v) is 7.34. The molecule has 0 aliphatic carbocycles. The molecule has 4 rings (SSSR count). The van der Waals surface area contributed by atoms with Gasteiger partial charge in [0.15, 0.2) is 0 Å². The summed E-state index contributed by atoms with van der Waals surface area (Å²) in [4.78, 5) is 25.3. The van der Waals surface area contributed by atoms with E-state index in [0.717, 1.165) is 22.2 Å². The molecule has 4 aromatic rings. The van der Waals surface area contributed by atoms with Crippen molar-refractivity contribution in [2.75, 3.05) is 20.3 Å². The van der Waals surface area contributed by atoms with Crippen molar-refractivity contribution >= 4 is 16.7 Å². The fourth-order valence-electron chi connectivity index (χ4n) is 3.61. The number of hydrogen-bond acceptors (Lipinski definition) is 4. The maximum atomic E-state index is 13.0. The van der Waals surface area contributed by atoms with Gasteiger partial charge in [-0.05, 0) is 47.3 Å². The molecule has 0 bridgehead atoms. The van der Waals surface area contributed by atoms with Crippen molar-refractivity contribution in [3.63, 3.8) is 0 Å². The summed E-state index contributed by atoms with van der Waals surface area (Å²) in [7, 11) is 3.48. The summed E-state index contributed by atoms with van der Waals surface area (Å²) in [6.07, 6.45) is 3.55. The Labute approximate surface area is 179 Å². The molecular formula is C24H24N4O3. The molecule has 2 heterocycles. The number of aromatic nitrogens is 3. The Bertz CT molecular complexity index is 1290. The van der Waals surface area contributed by atoms with Crippen LogP contribution in [0.2, 0.25) is 0 Å². The molecule has 0 radical (unpaired) electrons. The number of ether oxygens (including phenoxy) is 1. The van der Waals surface area contributed by atoms with Gasteiger partial charge in [0, 0.05) is 49.6 Å². The van der Waals surface area contributed by atoms with E-state index in [0.29, 0.717) is 30.6 Å². The lowest BCUT2D eigenvalue weighted by molar-refractivity contribution is 0.0937. The highest BCUT2D eigenvalue weighted by Crippen LogP contribution is 2.22. The van der Waals surface area contributed by atoms with Crippen molar-refractivity contribution in [1.82, 2.24) is 19.7 Å². The second-order valence-electron chi connectivity index (χ2n) is 7.34. The fraction of sp³-hybridized carbons (Fsp3) is 0.208. The molecule has 1 amide bonds. The molecule has 0 unspecified atom stereocenters. The molecule has 7 nitrogen and oxygen atoms in total. The number of fused-ring (bicyclic) bond motifs is 1. The molecular weight excluding hydrogens is 392 g/mol. The number of carbonyl (C=O) groups is 1. The first-order valence-electron chi connectivity index (χ1n) is 10.0. The first kappa shape index (κ1) is 20.6. The highest BCUT2D eigenvalue weighted by Gasteiger charge is 2.09. The molecule has 1 N–H and O–H groups in total. The first-order valence-corrected chi connectivity index (χ1v) is 10.0. The van der Waals surface area contributed by atoms with Crippen molar-refractivity contribution in [2.24, 2.45) is 7.05 Å². The van der Waals surface area contributed by atoms with Gasteiger partial charge in [-0.2, -0.15) is 5.10 Å². The van der Waals surface area contributed by atoms with Gasteiger partial charge in [-0.1, -0.05) is 18.2 Å². The van der Waals surface area contributed by atoms with Gasteiger partial charge in [0.25, 0.3) is 11.5 Å². The summed E-state index contributed by atoms with van der Waals surface area (Å²) >= 11 is 0. The van der Waals surface area contributed by atoms with Crippen molar-refractivity contribution < 1.29 is 9.53 Å². The third-order valence-electron chi connectivity index (χ3n) is 5.23. The number of nitrogens with one attached hydrogen (secondary N) is 1. The third kappa shape index (κ3) is 4.41. The van der Waals surface area contributed by atoms with Crippen LogP contribution in [0.5, 0.6) is 0 Å². The van der Waals surface area contributed by atoms with Crippen LogP contribution >= 0.6 is 0 Å². The predicted molar refractivity (Wildman–Crippen MR) is 120 cm³/mol. The smallest absolute Gasteiger partial charge is 0.258 e. The fourth-order valence-corrected chi connectivity index (χ4v) is 3.61. The van der Waals surface area contributed by atoms with Crippen LogP contribution in [-0.2, 0) is 18.3 Å². The average molecular weight is 416 g/mol. The second kappa shape index (κ2) is 8.97. The molecule has 0 atom stereocenters. The maximum absolute atomic E-state index is 13.0. The van der Waals surface area contributed by atoms with Crippen LogP contribution in [0.1, 0.15) is 15.9 Å². The Balaban J connectivity index is 1.59. The SMILES string of the molecule is COCCNC(=O)c1cccc(Cn2ccc3cc(-c4ccnn4C)ccc3c2=O)c1. The Morgan fingerprint density at radius 1 is 1.13 bits per heavy atom. The highest BCUT2D eigenvalue weighted by atomic mass is 16.5. The summed E-state index contributed by atoms with van der Waals surface area (Å²) in [5.74, 6) is -0.160. The van der Waals surface area contributed by atoms with Gasteiger partial charge in [0.2, 0.25) is 0 Å². The summed E-state index contributed by atoms with van der Waals surface area (Å²) in [6.45, 7) is 1.29. The van der Waals surface area contributed by atoms with Crippen LogP contribution in [0.4, 0.5) is 0 Å². The minimum Gasteiger partial charge on any atom is -0.383 e. The van der Waals surface area contributed by atoms with E-state index in [9.17, 15) is 9.59 Å². The minimum absolute atomic E-state index is 0.0657. The van der Waals surface area contributed by atoms with Crippen LogP contribution in [-0.4, -0.2) is 40.5 Å². The summed E-state index contributed by atoms with van der Waals surface area (Å²) in [5, 5.41) is 8.55. The lowest BCUT2D eigenvalue weighted by Crippen LogP contribution is -2.27. The van der Waals surface area contributed by atoms with E-state index >= 15 is 0 Å². The van der Waals surface area contributed by atoms with E-state index in [2.05, 4.69) is 10.4 Å². The van der Waals surface area contributed by atoms with Gasteiger partial charge in [0.05, 0.1) is 18.8 Å². The predicted octanol–water partition coefficient (Wildman–Crippen LogP) is 2.83. The number of pyridine rings is 1. The van der Waals surface area contributed by atoms with E-state index in [4.69, 9.17) is 4.74 Å². The largest absolute Gasteiger partial charge is 0.383 e. The molecule has 0 aliphatic rings. The summed E-state index contributed by atoms with van der Waals surface area (Å²) < 4.78 is 8.42. The number of rotatable bonds is 7. The van der Waals surface area contributed by atoms with Gasteiger partial charge in [-0.15, -0.1) is 0 Å². The van der Waals surface area contributed by atoms with Crippen molar-refractivity contribution in [2.45, 2.75) is 6.54 Å². The molecule has 2 aromatic carbocycles. The minimum atomic E-state index is -0.160. The van der Waals surface area contributed by atoms with Gasteiger partial charge < -0.3 is 14.6 Å². The highest BCUT2D eigenvalue weighted by molar-refractivity contribution is 5.94. The number of amides is 1. The standard InChI is InChI=1S/C24H24N4O3/c1-27-22(8-10-26-27)19-6-7-21-18(15-19)9-12-28(24(21)30)16-17-4-3-5-20(14-17)23(29)25-11-13-31-2/h3-10,12,14-15H,11,13,16H2,1-2H3,(H,25,29). The Hall–Kier alpha value is -3.71. The Kier molecular flexibility index (Phi) is 5.95. The lowest BCUT2D eigenvalue weighted by Gasteiger charge is -2.10. The molecule has 0 saturated heterocycles. The maximum Gasteiger partial charge on any atom is 0.258 e. The van der Waals surface area contributed by atoms with E-state index in [1.54, 1.807) is 34.8 Å². The summed E-state index contributed by atoms with van der Waals surface area (Å²) in [6, 6.07) is 17.0. The Morgan fingerprint density at radius 2 is 2.00 bits per heavy atom. The van der Waals surface area contributed by atoms with E-state index < -0.39 is 0 Å². The van der Waals surface area contributed by atoms with Gasteiger partial charge in [0.1, 0.15) is 0 Å². The zero-order chi connectivity index (χ0) is 21.8.